The number of aliphatic hydroxyl groups is 1. The lowest BCUT2D eigenvalue weighted by atomic mass is 10.1. The number of ether oxygens (including phenoxy) is 1. The van der Waals surface area contributed by atoms with Crippen molar-refractivity contribution in [2.45, 2.75) is 6.61 Å². The minimum atomic E-state index is -0.277. The Morgan fingerprint density at radius 3 is 2.80 bits per heavy atom. The molecule has 7 heteroatoms. The van der Waals surface area contributed by atoms with E-state index in [1.165, 1.54) is 6.20 Å². The van der Waals surface area contributed by atoms with Crippen LogP contribution in [-0.2, 0) is 6.61 Å². The standard InChI is InChI=1S/C18H15BrN2O4/c1-24-16-4-2-13(7-15(16)17-5-3-14(10-22)25-17)21-18(23)11-6-12(19)9-20-8-11/h2-9,22H,10H2,1H3,(H,21,23). The number of benzene rings is 1. The van der Waals surface area contributed by atoms with E-state index in [4.69, 9.17) is 14.3 Å². The number of aromatic nitrogens is 1. The number of nitrogens with zero attached hydrogens (tertiary/aromatic N) is 1. The van der Waals surface area contributed by atoms with Crippen molar-refractivity contribution in [1.82, 2.24) is 4.98 Å². The van der Waals surface area contributed by atoms with Crippen molar-refractivity contribution in [3.8, 4) is 17.1 Å². The molecule has 1 aromatic carbocycles. The first-order chi connectivity index (χ1) is 12.1. The molecule has 2 heterocycles. The molecular weight excluding hydrogens is 388 g/mol. The topological polar surface area (TPSA) is 84.6 Å². The van der Waals surface area contributed by atoms with Gasteiger partial charge in [-0.3, -0.25) is 9.78 Å². The van der Waals surface area contributed by atoms with Gasteiger partial charge in [0.05, 0.1) is 18.2 Å². The van der Waals surface area contributed by atoms with Crippen molar-refractivity contribution in [2.75, 3.05) is 12.4 Å². The average Bonchev–Trinajstić information content (AvgIpc) is 3.10. The van der Waals surface area contributed by atoms with Gasteiger partial charge < -0.3 is 19.6 Å². The van der Waals surface area contributed by atoms with E-state index in [0.717, 1.165) is 4.47 Å². The predicted octanol–water partition coefficient (Wildman–Crippen LogP) is 3.86. The van der Waals surface area contributed by atoms with Crippen molar-refractivity contribution >= 4 is 27.5 Å². The fourth-order valence-electron chi connectivity index (χ4n) is 2.33. The quantitative estimate of drug-likeness (QED) is 0.676. The Kier molecular flexibility index (Phi) is 5.16. The number of pyridine rings is 1. The number of hydrogen-bond acceptors (Lipinski definition) is 5. The van der Waals surface area contributed by atoms with E-state index in [1.54, 1.807) is 49.7 Å². The fraction of sp³-hybridized carbons (Fsp3) is 0.111. The molecule has 0 saturated carbocycles. The van der Waals surface area contributed by atoms with Crippen LogP contribution in [0, 0.1) is 0 Å². The molecule has 0 fully saturated rings. The summed E-state index contributed by atoms with van der Waals surface area (Å²) >= 11 is 3.29. The molecule has 128 valence electrons. The molecule has 2 aromatic heterocycles. The van der Waals surface area contributed by atoms with Crippen LogP contribution in [0.2, 0.25) is 0 Å². The van der Waals surface area contributed by atoms with E-state index in [9.17, 15) is 4.79 Å². The molecule has 1 amide bonds. The Hall–Kier alpha value is -2.64. The molecule has 0 aliphatic carbocycles. The SMILES string of the molecule is COc1ccc(NC(=O)c2cncc(Br)c2)cc1-c1ccc(CO)o1. The molecule has 0 unspecified atom stereocenters. The largest absolute Gasteiger partial charge is 0.496 e. The second-order valence-electron chi connectivity index (χ2n) is 5.19. The van der Waals surface area contributed by atoms with E-state index in [2.05, 4.69) is 26.2 Å². The number of anilines is 1. The van der Waals surface area contributed by atoms with E-state index in [1.807, 2.05) is 0 Å². The molecule has 0 atom stereocenters. The molecular formula is C18H15BrN2O4. The van der Waals surface area contributed by atoms with Crippen LogP contribution in [0.25, 0.3) is 11.3 Å². The molecule has 3 aromatic rings. The van der Waals surface area contributed by atoms with Gasteiger partial charge in [-0.1, -0.05) is 0 Å². The van der Waals surface area contributed by atoms with Gasteiger partial charge in [0.15, 0.2) is 0 Å². The summed E-state index contributed by atoms with van der Waals surface area (Å²) in [6, 6.07) is 10.3. The number of hydrogen-bond donors (Lipinski definition) is 2. The molecule has 0 saturated heterocycles. The summed E-state index contributed by atoms with van der Waals surface area (Å²) in [5.74, 6) is 1.31. The lowest BCUT2D eigenvalue weighted by molar-refractivity contribution is 0.102. The Morgan fingerprint density at radius 1 is 1.28 bits per heavy atom. The number of carbonyl (C=O) groups is 1. The minimum Gasteiger partial charge on any atom is -0.496 e. The average molecular weight is 403 g/mol. The van der Waals surface area contributed by atoms with Gasteiger partial charge in [-0.05, 0) is 52.3 Å². The van der Waals surface area contributed by atoms with Crippen molar-refractivity contribution in [3.63, 3.8) is 0 Å². The predicted molar refractivity (Wildman–Crippen MR) is 96.5 cm³/mol. The van der Waals surface area contributed by atoms with E-state index >= 15 is 0 Å². The molecule has 0 aliphatic heterocycles. The summed E-state index contributed by atoms with van der Waals surface area (Å²) in [7, 11) is 1.56. The molecule has 0 aliphatic rings. The molecule has 2 N–H and O–H groups in total. The third kappa shape index (κ3) is 3.89. The summed E-state index contributed by atoms with van der Waals surface area (Å²) in [5.41, 5.74) is 1.70. The van der Waals surface area contributed by atoms with Gasteiger partial charge in [-0.2, -0.15) is 0 Å². The van der Waals surface area contributed by atoms with Crippen molar-refractivity contribution < 1.29 is 19.1 Å². The maximum atomic E-state index is 12.4. The zero-order valence-corrected chi connectivity index (χ0v) is 14.9. The number of methoxy groups -OCH3 is 1. The Morgan fingerprint density at radius 2 is 2.12 bits per heavy atom. The minimum absolute atomic E-state index is 0.186. The third-order valence-corrected chi connectivity index (χ3v) is 3.94. The maximum Gasteiger partial charge on any atom is 0.257 e. The zero-order valence-electron chi connectivity index (χ0n) is 13.3. The fourth-order valence-corrected chi connectivity index (χ4v) is 2.69. The second-order valence-corrected chi connectivity index (χ2v) is 6.10. The molecule has 0 spiro atoms. The van der Waals surface area contributed by atoms with Crippen LogP contribution in [0.15, 0.2) is 57.7 Å². The van der Waals surface area contributed by atoms with Crippen LogP contribution in [0.3, 0.4) is 0 Å². The summed E-state index contributed by atoms with van der Waals surface area (Å²) in [6.07, 6.45) is 3.10. The number of carbonyl (C=O) groups excluding carboxylic acids is 1. The number of aliphatic hydroxyl groups excluding tert-OH is 1. The van der Waals surface area contributed by atoms with Crippen molar-refractivity contribution in [2.24, 2.45) is 0 Å². The molecule has 0 bridgehead atoms. The summed E-state index contributed by atoms with van der Waals surface area (Å²) < 4.78 is 11.6. The number of furan rings is 1. The van der Waals surface area contributed by atoms with Crippen LogP contribution >= 0.6 is 15.9 Å². The molecule has 25 heavy (non-hydrogen) atoms. The molecule has 3 rings (SSSR count). The highest BCUT2D eigenvalue weighted by atomic mass is 79.9. The number of rotatable bonds is 5. The maximum absolute atomic E-state index is 12.4. The van der Waals surface area contributed by atoms with E-state index in [-0.39, 0.29) is 12.5 Å². The van der Waals surface area contributed by atoms with Crippen molar-refractivity contribution in [1.29, 1.82) is 0 Å². The first-order valence-corrected chi connectivity index (χ1v) is 8.20. The van der Waals surface area contributed by atoms with E-state index in [0.29, 0.717) is 34.1 Å². The number of amides is 1. The van der Waals surface area contributed by atoms with Gasteiger partial charge >= 0.3 is 0 Å². The zero-order chi connectivity index (χ0) is 17.8. The molecule has 6 nitrogen and oxygen atoms in total. The van der Waals surface area contributed by atoms with Gasteiger partial charge in [-0.25, -0.2) is 0 Å². The smallest absolute Gasteiger partial charge is 0.257 e. The van der Waals surface area contributed by atoms with Crippen LogP contribution in [-0.4, -0.2) is 23.1 Å². The first-order valence-electron chi connectivity index (χ1n) is 7.40. The van der Waals surface area contributed by atoms with E-state index < -0.39 is 0 Å². The highest BCUT2D eigenvalue weighted by molar-refractivity contribution is 9.10. The Bertz CT molecular complexity index is 908. The number of halogens is 1. The van der Waals surface area contributed by atoms with Gasteiger partial charge in [-0.15, -0.1) is 0 Å². The summed E-state index contributed by atoms with van der Waals surface area (Å²) in [6.45, 7) is -0.186. The lowest BCUT2D eigenvalue weighted by Crippen LogP contribution is -2.12. The molecule has 0 radical (unpaired) electrons. The van der Waals surface area contributed by atoms with Gasteiger partial charge in [0.2, 0.25) is 0 Å². The summed E-state index contributed by atoms with van der Waals surface area (Å²) in [4.78, 5) is 16.3. The van der Waals surface area contributed by atoms with Gasteiger partial charge in [0.25, 0.3) is 5.91 Å². The highest BCUT2D eigenvalue weighted by Gasteiger charge is 2.13. The van der Waals surface area contributed by atoms with Crippen LogP contribution in [0.5, 0.6) is 5.75 Å². The summed E-state index contributed by atoms with van der Waals surface area (Å²) in [5, 5.41) is 12.0. The first kappa shape index (κ1) is 17.2. The van der Waals surface area contributed by atoms with Gasteiger partial charge in [0, 0.05) is 22.6 Å². The normalized spacial score (nSPS) is 10.5. The van der Waals surface area contributed by atoms with Crippen LogP contribution in [0.4, 0.5) is 5.69 Å². The number of nitrogens with one attached hydrogen (secondary N) is 1. The monoisotopic (exact) mass is 402 g/mol. The van der Waals surface area contributed by atoms with Gasteiger partial charge in [0.1, 0.15) is 23.9 Å². The van der Waals surface area contributed by atoms with Crippen molar-refractivity contribution in [3.05, 3.63) is 64.6 Å². The Labute approximate surface area is 152 Å². The van der Waals surface area contributed by atoms with Crippen LogP contribution in [0.1, 0.15) is 16.1 Å². The third-order valence-electron chi connectivity index (χ3n) is 3.51. The lowest BCUT2D eigenvalue weighted by Gasteiger charge is -2.10. The van der Waals surface area contributed by atoms with Crippen LogP contribution < -0.4 is 10.1 Å². The highest BCUT2D eigenvalue weighted by Crippen LogP contribution is 2.34. The second kappa shape index (κ2) is 7.50. The Balaban J connectivity index is 1.90.